The number of rotatable bonds is 4. The number of benzene rings is 1. The molecule has 3 N–H and O–H groups in total. The maximum absolute atomic E-state index is 12.1. The molecule has 0 radical (unpaired) electrons. The number of nitrogens with one attached hydrogen (secondary N) is 1. The highest BCUT2D eigenvalue weighted by Crippen LogP contribution is 2.30. The number of amides is 1. The Morgan fingerprint density at radius 3 is 2.81 bits per heavy atom. The van der Waals surface area contributed by atoms with E-state index in [0.29, 0.717) is 30.3 Å². The Morgan fingerprint density at radius 2 is 2.14 bits per heavy atom. The standard InChI is InChI=1S/C14H18N2O4S/c15-21(18,19)12-3-4-13-10(6-12)5-11(8-20-13)14(17)16-7-9-1-2-9/h3-4,6,9,11H,1-2,5,7-8H2,(H,16,17)(H2,15,18,19). The van der Waals surface area contributed by atoms with E-state index in [1.54, 1.807) is 6.07 Å². The zero-order valence-electron chi connectivity index (χ0n) is 11.5. The Kier molecular flexibility index (Phi) is 3.62. The van der Waals surface area contributed by atoms with Crippen LogP contribution in [0.3, 0.4) is 0 Å². The van der Waals surface area contributed by atoms with E-state index < -0.39 is 10.0 Å². The molecule has 21 heavy (non-hydrogen) atoms. The first-order valence-corrected chi connectivity index (χ1v) is 8.54. The van der Waals surface area contributed by atoms with E-state index in [4.69, 9.17) is 9.88 Å². The summed E-state index contributed by atoms with van der Waals surface area (Å²) in [7, 11) is -3.74. The molecule has 1 aliphatic heterocycles. The number of sulfonamides is 1. The average molecular weight is 310 g/mol. The van der Waals surface area contributed by atoms with Crippen LogP contribution in [0.5, 0.6) is 5.75 Å². The van der Waals surface area contributed by atoms with Crippen LogP contribution >= 0.6 is 0 Å². The van der Waals surface area contributed by atoms with Crippen LogP contribution in [0.2, 0.25) is 0 Å². The molecule has 114 valence electrons. The highest BCUT2D eigenvalue weighted by atomic mass is 32.2. The number of ether oxygens (including phenoxy) is 1. The molecule has 3 rings (SSSR count). The topological polar surface area (TPSA) is 98.5 Å². The van der Waals surface area contributed by atoms with Gasteiger partial charge in [-0.1, -0.05) is 0 Å². The Bertz CT molecular complexity index is 668. The van der Waals surface area contributed by atoms with Gasteiger partial charge in [0.15, 0.2) is 0 Å². The lowest BCUT2D eigenvalue weighted by Crippen LogP contribution is -2.38. The van der Waals surface area contributed by atoms with Crippen LogP contribution in [-0.4, -0.2) is 27.5 Å². The molecule has 0 aromatic heterocycles. The third kappa shape index (κ3) is 3.36. The van der Waals surface area contributed by atoms with Crippen molar-refractivity contribution in [3.63, 3.8) is 0 Å². The molecule has 1 aromatic rings. The minimum absolute atomic E-state index is 0.0337. The van der Waals surface area contributed by atoms with Gasteiger partial charge in [0.05, 0.1) is 10.8 Å². The number of carbonyl (C=O) groups excluding carboxylic acids is 1. The molecule has 1 amide bonds. The molecule has 1 unspecified atom stereocenters. The molecule has 0 bridgehead atoms. The summed E-state index contributed by atoms with van der Waals surface area (Å²) >= 11 is 0. The summed E-state index contributed by atoms with van der Waals surface area (Å²) in [6.45, 7) is 1.04. The quantitative estimate of drug-likeness (QED) is 0.841. The van der Waals surface area contributed by atoms with Crippen LogP contribution < -0.4 is 15.2 Å². The molecule has 1 atom stereocenters. The van der Waals surface area contributed by atoms with Gasteiger partial charge >= 0.3 is 0 Å². The SMILES string of the molecule is NS(=O)(=O)c1ccc2c(c1)CC(C(=O)NCC1CC1)CO2. The Labute approximate surface area is 123 Å². The second-order valence-electron chi connectivity index (χ2n) is 5.72. The Morgan fingerprint density at radius 1 is 1.38 bits per heavy atom. The number of primary sulfonamides is 1. The van der Waals surface area contributed by atoms with E-state index in [9.17, 15) is 13.2 Å². The van der Waals surface area contributed by atoms with Crippen molar-refractivity contribution < 1.29 is 17.9 Å². The lowest BCUT2D eigenvalue weighted by atomic mass is 9.96. The fourth-order valence-corrected chi connectivity index (χ4v) is 2.99. The van der Waals surface area contributed by atoms with Crippen LogP contribution in [-0.2, 0) is 21.2 Å². The van der Waals surface area contributed by atoms with Crippen LogP contribution in [0.15, 0.2) is 23.1 Å². The molecule has 7 heteroatoms. The fourth-order valence-electron chi connectivity index (χ4n) is 2.43. The van der Waals surface area contributed by atoms with Gasteiger partial charge in [0.25, 0.3) is 0 Å². The van der Waals surface area contributed by atoms with Crippen molar-refractivity contribution in [2.45, 2.75) is 24.2 Å². The van der Waals surface area contributed by atoms with Crippen LogP contribution in [0, 0.1) is 11.8 Å². The highest BCUT2D eigenvalue weighted by Gasteiger charge is 2.28. The van der Waals surface area contributed by atoms with Gasteiger partial charge in [-0.15, -0.1) is 0 Å². The smallest absolute Gasteiger partial charge is 0.238 e. The van der Waals surface area contributed by atoms with Gasteiger partial charge in [0.2, 0.25) is 15.9 Å². The summed E-state index contributed by atoms with van der Waals surface area (Å²) in [6, 6.07) is 4.50. The Balaban J connectivity index is 1.72. The third-order valence-electron chi connectivity index (χ3n) is 3.90. The van der Waals surface area contributed by atoms with Crippen LogP contribution in [0.25, 0.3) is 0 Å². The Hall–Kier alpha value is -1.60. The third-order valence-corrected chi connectivity index (χ3v) is 4.81. The van der Waals surface area contributed by atoms with Crippen molar-refractivity contribution in [1.82, 2.24) is 5.32 Å². The molecule has 1 aromatic carbocycles. The summed E-state index contributed by atoms with van der Waals surface area (Å²) in [5.41, 5.74) is 0.708. The predicted molar refractivity (Wildman–Crippen MR) is 76.2 cm³/mol. The van der Waals surface area contributed by atoms with Gasteiger partial charge in [0.1, 0.15) is 12.4 Å². The summed E-state index contributed by atoms with van der Waals surface area (Å²) in [6.07, 6.45) is 2.83. The van der Waals surface area contributed by atoms with E-state index in [-0.39, 0.29) is 16.7 Å². The first kappa shape index (κ1) is 14.3. The summed E-state index contributed by atoms with van der Waals surface area (Å²) < 4.78 is 28.3. The van der Waals surface area contributed by atoms with Crippen LogP contribution in [0.1, 0.15) is 18.4 Å². The number of hydrogen-bond donors (Lipinski definition) is 2. The summed E-state index contributed by atoms with van der Waals surface area (Å²) in [4.78, 5) is 12.1. The van der Waals surface area contributed by atoms with Crippen molar-refractivity contribution in [3.05, 3.63) is 23.8 Å². The first-order chi connectivity index (χ1) is 9.93. The van der Waals surface area contributed by atoms with Gasteiger partial charge in [-0.2, -0.15) is 0 Å². The molecule has 1 saturated carbocycles. The van der Waals surface area contributed by atoms with Crippen molar-refractivity contribution in [2.24, 2.45) is 17.0 Å². The monoisotopic (exact) mass is 310 g/mol. The van der Waals surface area contributed by atoms with Gasteiger partial charge in [-0.25, -0.2) is 13.6 Å². The highest BCUT2D eigenvalue weighted by molar-refractivity contribution is 7.89. The van der Waals surface area contributed by atoms with E-state index in [1.165, 1.54) is 25.0 Å². The number of hydrogen-bond acceptors (Lipinski definition) is 4. The molecular formula is C14H18N2O4S. The molecule has 6 nitrogen and oxygen atoms in total. The molecule has 1 aliphatic carbocycles. The molecule has 0 saturated heterocycles. The molecular weight excluding hydrogens is 292 g/mol. The van der Waals surface area contributed by atoms with Crippen molar-refractivity contribution in [3.8, 4) is 5.75 Å². The van der Waals surface area contributed by atoms with Crippen molar-refractivity contribution in [2.75, 3.05) is 13.2 Å². The number of fused-ring (bicyclic) bond motifs is 1. The van der Waals surface area contributed by atoms with Gasteiger partial charge in [-0.3, -0.25) is 4.79 Å². The maximum atomic E-state index is 12.1. The first-order valence-electron chi connectivity index (χ1n) is 7.00. The molecule has 2 aliphatic rings. The van der Waals surface area contributed by atoms with E-state index in [2.05, 4.69) is 5.32 Å². The molecule has 0 spiro atoms. The average Bonchev–Trinajstić information content (AvgIpc) is 3.26. The van der Waals surface area contributed by atoms with Crippen LogP contribution in [0.4, 0.5) is 0 Å². The van der Waals surface area contributed by atoms with E-state index in [1.807, 2.05) is 0 Å². The lowest BCUT2D eigenvalue weighted by Gasteiger charge is -2.25. The van der Waals surface area contributed by atoms with Crippen molar-refractivity contribution in [1.29, 1.82) is 0 Å². The zero-order chi connectivity index (χ0) is 15.0. The number of carbonyl (C=O) groups is 1. The van der Waals surface area contributed by atoms with Gasteiger partial charge in [-0.05, 0) is 48.9 Å². The lowest BCUT2D eigenvalue weighted by molar-refractivity contribution is -0.126. The number of nitrogens with two attached hydrogens (primary N) is 1. The van der Waals surface area contributed by atoms with Gasteiger partial charge < -0.3 is 10.1 Å². The van der Waals surface area contributed by atoms with E-state index >= 15 is 0 Å². The minimum Gasteiger partial charge on any atom is -0.492 e. The fraction of sp³-hybridized carbons (Fsp3) is 0.500. The predicted octanol–water partition coefficient (Wildman–Crippen LogP) is 0.411. The molecule has 1 fully saturated rings. The minimum atomic E-state index is -3.74. The second kappa shape index (κ2) is 5.31. The largest absolute Gasteiger partial charge is 0.492 e. The summed E-state index contributed by atoms with van der Waals surface area (Å²) in [5, 5.41) is 8.05. The van der Waals surface area contributed by atoms with Crippen molar-refractivity contribution >= 4 is 15.9 Å². The maximum Gasteiger partial charge on any atom is 0.238 e. The van der Waals surface area contributed by atoms with Gasteiger partial charge in [0, 0.05) is 6.54 Å². The second-order valence-corrected chi connectivity index (χ2v) is 7.28. The molecule has 1 heterocycles. The zero-order valence-corrected chi connectivity index (χ0v) is 12.4. The summed E-state index contributed by atoms with van der Waals surface area (Å²) in [5.74, 6) is 0.925. The van der Waals surface area contributed by atoms with E-state index in [0.717, 1.165) is 6.54 Å². The normalized spacial score (nSPS) is 21.3.